The molecule has 0 saturated carbocycles. The molecule has 0 saturated heterocycles. The predicted molar refractivity (Wildman–Crippen MR) is 87.1 cm³/mol. The Morgan fingerprint density at radius 3 is 2.57 bits per heavy atom. The van der Waals surface area contributed by atoms with E-state index in [1.54, 1.807) is 0 Å². The largest absolute Gasteiger partial charge is 0.340 e. The summed E-state index contributed by atoms with van der Waals surface area (Å²) in [7, 11) is 0. The van der Waals surface area contributed by atoms with Gasteiger partial charge in [-0.05, 0) is 30.2 Å². The number of hydrogen-bond acceptors (Lipinski definition) is 1. The van der Waals surface area contributed by atoms with E-state index in [0.29, 0.717) is 11.6 Å². The van der Waals surface area contributed by atoms with Gasteiger partial charge in [0, 0.05) is 27.7 Å². The Morgan fingerprint density at radius 1 is 1.10 bits per heavy atom. The summed E-state index contributed by atoms with van der Waals surface area (Å²) in [5.41, 5.74) is 2.97. The first-order valence-electron chi connectivity index (χ1n) is 7.04. The van der Waals surface area contributed by atoms with Gasteiger partial charge in [-0.3, -0.25) is 4.79 Å². The molecule has 0 aliphatic carbocycles. The van der Waals surface area contributed by atoms with Crippen LogP contribution in [0.4, 0.5) is 0 Å². The van der Waals surface area contributed by atoms with E-state index < -0.39 is 0 Å². The molecule has 1 aromatic heterocycles. The number of hydrogen-bond donors (Lipinski definition) is 0. The Bertz CT molecular complexity index is 787. The van der Waals surface area contributed by atoms with Crippen LogP contribution in [0.5, 0.6) is 0 Å². The molecular weight excluding hydrogens is 282 g/mol. The summed E-state index contributed by atoms with van der Waals surface area (Å²) in [6.45, 7) is 2.43. The van der Waals surface area contributed by atoms with Gasteiger partial charge in [-0.15, -0.1) is 0 Å². The van der Waals surface area contributed by atoms with Gasteiger partial charge in [-0.25, -0.2) is 0 Å². The van der Waals surface area contributed by atoms with Crippen LogP contribution < -0.4 is 0 Å². The number of benzene rings is 2. The van der Waals surface area contributed by atoms with Crippen molar-refractivity contribution in [3.63, 3.8) is 0 Å². The summed E-state index contributed by atoms with van der Waals surface area (Å²) < 4.78 is 1.94. The highest BCUT2D eigenvalue weighted by molar-refractivity contribution is 6.35. The molecule has 1 heterocycles. The van der Waals surface area contributed by atoms with Gasteiger partial charge in [0.25, 0.3) is 0 Å². The number of ketones is 1. The topological polar surface area (TPSA) is 22.0 Å². The molecule has 21 heavy (non-hydrogen) atoms. The lowest BCUT2D eigenvalue weighted by atomic mass is 10.1. The first-order valence-corrected chi connectivity index (χ1v) is 7.42. The first kappa shape index (κ1) is 13.9. The minimum absolute atomic E-state index is 0.107. The second-order valence-corrected chi connectivity index (χ2v) is 5.50. The van der Waals surface area contributed by atoms with E-state index >= 15 is 0 Å². The van der Waals surface area contributed by atoms with Crippen molar-refractivity contribution in [2.75, 3.05) is 0 Å². The van der Waals surface area contributed by atoms with Gasteiger partial charge in [0.1, 0.15) is 0 Å². The Balaban J connectivity index is 1.87. The molecule has 3 aromatic rings. The SMILES string of the molecule is CCc1ccc(C(=O)Cn2ccc3c(Cl)cccc32)cc1. The fraction of sp³-hybridized carbons (Fsp3) is 0.167. The van der Waals surface area contributed by atoms with Gasteiger partial charge in [0.05, 0.1) is 6.54 Å². The van der Waals surface area contributed by atoms with Crippen molar-refractivity contribution in [1.82, 2.24) is 4.57 Å². The number of aromatic nitrogens is 1. The molecule has 0 bridgehead atoms. The van der Waals surface area contributed by atoms with E-state index in [0.717, 1.165) is 22.9 Å². The van der Waals surface area contributed by atoms with Crippen molar-refractivity contribution in [3.8, 4) is 0 Å². The number of rotatable bonds is 4. The number of nitrogens with zero attached hydrogens (tertiary/aromatic N) is 1. The third kappa shape index (κ3) is 2.72. The monoisotopic (exact) mass is 297 g/mol. The summed E-state index contributed by atoms with van der Waals surface area (Å²) in [5.74, 6) is 0.107. The number of Topliss-reactive ketones (excluding diaryl/α,β-unsaturated/α-hetero) is 1. The van der Waals surface area contributed by atoms with Crippen LogP contribution in [-0.2, 0) is 13.0 Å². The fourth-order valence-corrected chi connectivity index (χ4v) is 2.73. The van der Waals surface area contributed by atoms with E-state index in [1.807, 2.05) is 59.3 Å². The van der Waals surface area contributed by atoms with Gasteiger partial charge >= 0.3 is 0 Å². The van der Waals surface area contributed by atoms with Gasteiger partial charge in [-0.1, -0.05) is 48.9 Å². The molecule has 2 nitrogen and oxygen atoms in total. The molecule has 0 N–H and O–H groups in total. The number of carbonyl (C=O) groups is 1. The predicted octanol–water partition coefficient (Wildman–Crippen LogP) is 4.74. The van der Waals surface area contributed by atoms with Crippen LogP contribution in [-0.4, -0.2) is 10.4 Å². The Hall–Kier alpha value is -2.06. The zero-order valence-electron chi connectivity index (χ0n) is 11.8. The third-order valence-electron chi connectivity index (χ3n) is 3.76. The van der Waals surface area contributed by atoms with E-state index in [1.165, 1.54) is 5.56 Å². The Kier molecular flexibility index (Phi) is 3.80. The van der Waals surface area contributed by atoms with Crippen molar-refractivity contribution in [2.24, 2.45) is 0 Å². The minimum atomic E-state index is 0.107. The van der Waals surface area contributed by atoms with Crippen molar-refractivity contribution in [2.45, 2.75) is 19.9 Å². The molecule has 0 spiro atoms. The van der Waals surface area contributed by atoms with E-state index in [-0.39, 0.29) is 5.78 Å². The lowest BCUT2D eigenvalue weighted by Crippen LogP contribution is -2.09. The van der Waals surface area contributed by atoms with E-state index in [4.69, 9.17) is 11.6 Å². The zero-order chi connectivity index (χ0) is 14.8. The van der Waals surface area contributed by atoms with Crippen LogP contribution in [0.3, 0.4) is 0 Å². The van der Waals surface area contributed by atoms with Crippen LogP contribution in [0.25, 0.3) is 10.9 Å². The van der Waals surface area contributed by atoms with Crippen molar-refractivity contribution >= 4 is 28.3 Å². The number of halogens is 1. The van der Waals surface area contributed by atoms with Crippen LogP contribution >= 0.6 is 11.6 Å². The van der Waals surface area contributed by atoms with Gasteiger partial charge in [0.2, 0.25) is 0 Å². The maximum absolute atomic E-state index is 12.4. The molecular formula is C18H16ClNO. The maximum atomic E-state index is 12.4. The molecule has 3 heteroatoms. The Morgan fingerprint density at radius 2 is 1.86 bits per heavy atom. The first-order chi connectivity index (χ1) is 10.2. The lowest BCUT2D eigenvalue weighted by Gasteiger charge is -2.06. The summed E-state index contributed by atoms with van der Waals surface area (Å²) in [5, 5.41) is 1.69. The average Bonchev–Trinajstić information content (AvgIpc) is 2.92. The molecule has 0 radical (unpaired) electrons. The van der Waals surface area contributed by atoms with Crippen LogP contribution in [0, 0.1) is 0 Å². The van der Waals surface area contributed by atoms with Crippen molar-refractivity contribution in [1.29, 1.82) is 0 Å². The van der Waals surface area contributed by atoms with Gasteiger partial charge < -0.3 is 4.57 Å². The number of carbonyl (C=O) groups excluding carboxylic acids is 1. The van der Waals surface area contributed by atoms with E-state index in [2.05, 4.69) is 6.92 Å². The minimum Gasteiger partial charge on any atom is -0.340 e. The molecule has 106 valence electrons. The molecule has 3 rings (SSSR count). The van der Waals surface area contributed by atoms with E-state index in [9.17, 15) is 4.79 Å². The Labute approximate surface area is 129 Å². The summed E-state index contributed by atoms with van der Waals surface area (Å²) in [4.78, 5) is 12.4. The quantitative estimate of drug-likeness (QED) is 0.638. The molecule has 0 unspecified atom stereocenters. The molecule has 0 fully saturated rings. The highest BCUT2D eigenvalue weighted by atomic mass is 35.5. The standard InChI is InChI=1S/C18H16ClNO/c1-2-13-6-8-14(9-7-13)18(21)12-20-11-10-15-16(19)4-3-5-17(15)20/h3-11H,2,12H2,1H3. The zero-order valence-corrected chi connectivity index (χ0v) is 12.6. The second kappa shape index (κ2) is 5.74. The normalized spacial score (nSPS) is 11.0. The summed E-state index contributed by atoms with van der Waals surface area (Å²) in [6.07, 6.45) is 2.89. The molecule has 0 atom stereocenters. The lowest BCUT2D eigenvalue weighted by molar-refractivity contribution is 0.0973. The smallest absolute Gasteiger partial charge is 0.182 e. The molecule has 0 aliphatic rings. The molecule has 0 aliphatic heterocycles. The number of fused-ring (bicyclic) bond motifs is 1. The summed E-state index contributed by atoms with van der Waals surface area (Å²) in [6, 6.07) is 15.5. The molecule has 2 aromatic carbocycles. The van der Waals surface area contributed by atoms with Gasteiger partial charge in [0.15, 0.2) is 5.78 Å². The third-order valence-corrected chi connectivity index (χ3v) is 4.09. The fourth-order valence-electron chi connectivity index (χ4n) is 2.50. The average molecular weight is 298 g/mol. The van der Waals surface area contributed by atoms with Crippen LogP contribution in [0.1, 0.15) is 22.8 Å². The summed E-state index contributed by atoms with van der Waals surface area (Å²) >= 11 is 6.16. The second-order valence-electron chi connectivity index (χ2n) is 5.09. The highest BCUT2D eigenvalue weighted by Gasteiger charge is 2.10. The van der Waals surface area contributed by atoms with Gasteiger partial charge in [-0.2, -0.15) is 0 Å². The maximum Gasteiger partial charge on any atom is 0.182 e. The highest BCUT2D eigenvalue weighted by Crippen LogP contribution is 2.24. The number of aryl methyl sites for hydroxylation is 1. The molecule has 0 amide bonds. The van der Waals surface area contributed by atoms with Crippen LogP contribution in [0.2, 0.25) is 5.02 Å². The van der Waals surface area contributed by atoms with Crippen molar-refractivity contribution in [3.05, 3.63) is 70.9 Å². The van der Waals surface area contributed by atoms with Crippen molar-refractivity contribution < 1.29 is 4.79 Å². The van der Waals surface area contributed by atoms with Crippen LogP contribution in [0.15, 0.2) is 54.7 Å².